The minimum absolute atomic E-state index is 0.359. The summed E-state index contributed by atoms with van der Waals surface area (Å²) < 4.78 is 9.70. The van der Waals surface area contributed by atoms with Gasteiger partial charge in [-0.3, -0.25) is 0 Å². The van der Waals surface area contributed by atoms with Crippen molar-refractivity contribution >= 4 is 23.0 Å². The van der Waals surface area contributed by atoms with E-state index in [1.54, 1.807) is 12.3 Å². The van der Waals surface area contributed by atoms with Gasteiger partial charge in [-0.15, -0.1) is 0 Å². The van der Waals surface area contributed by atoms with E-state index in [1.165, 1.54) is 13.2 Å². The molecule has 0 fully saturated rings. The highest BCUT2D eigenvalue weighted by molar-refractivity contribution is 5.88. The molecule has 1 heterocycles. The predicted octanol–water partition coefficient (Wildman–Crippen LogP) is 2.62. The van der Waals surface area contributed by atoms with Gasteiger partial charge in [-0.05, 0) is 29.8 Å². The number of fused-ring (bicyclic) bond motifs is 1. The standard InChI is InChI=1S/C12H10O3/c1-14-12(13)5-3-9-2-4-11-10(8-9)6-7-15-11/h2-8H,1H3. The average Bonchev–Trinajstić information content (AvgIpc) is 2.72. The van der Waals surface area contributed by atoms with Crippen molar-refractivity contribution < 1.29 is 13.9 Å². The van der Waals surface area contributed by atoms with Crippen LogP contribution in [0.4, 0.5) is 0 Å². The lowest BCUT2D eigenvalue weighted by Gasteiger charge is -1.93. The van der Waals surface area contributed by atoms with Crippen LogP contribution < -0.4 is 0 Å². The van der Waals surface area contributed by atoms with Gasteiger partial charge in [0.05, 0.1) is 13.4 Å². The molecular weight excluding hydrogens is 192 g/mol. The molecule has 0 atom stereocenters. The molecule has 0 aliphatic rings. The first-order valence-corrected chi connectivity index (χ1v) is 4.53. The molecule has 1 aromatic heterocycles. The van der Waals surface area contributed by atoms with Crippen LogP contribution >= 0.6 is 0 Å². The number of hydrogen-bond acceptors (Lipinski definition) is 3. The topological polar surface area (TPSA) is 39.4 Å². The Bertz CT molecular complexity index is 508. The van der Waals surface area contributed by atoms with Gasteiger partial charge >= 0.3 is 5.97 Å². The van der Waals surface area contributed by atoms with Gasteiger partial charge in [0.15, 0.2) is 0 Å². The van der Waals surface area contributed by atoms with Crippen LogP contribution in [-0.2, 0) is 9.53 Å². The molecule has 0 saturated heterocycles. The first kappa shape index (κ1) is 9.52. The molecule has 3 heteroatoms. The fourth-order valence-corrected chi connectivity index (χ4v) is 1.32. The number of rotatable bonds is 2. The van der Waals surface area contributed by atoms with Crippen molar-refractivity contribution in [2.75, 3.05) is 7.11 Å². The van der Waals surface area contributed by atoms with Crippen LogP contribution in [0.3, 0.4) is 0 Å². The zero-order valence-corrected chi connectivity index (χ0v) is 8.27. The number of esters is 1. The van der Waals surface area contributed by atoms with Crippen LogP contribution in [0.15, 0.2) is 41.0 Å². The zero-order valence-electron chi connectivity index (χ0n) is 8.27. The van der Waals surface area contributed by atoms with Crippen LogP contribution in [-0.4, -0.2) is 13.1 Å². The number of benzene rings is 1. The van der Waals surface area contributed by atoms with Gasteiger partial charge < -0.3 is 9.15 Å². The number of ether oxygens (including phenoxy) is 1. The third-order valence-electron chi connectivity index (χ3n) is 2.09. The Morgan fingerprint density at radius 1 is 1.40 bits per heavy atom. The molecule has 0 saturated carbocycles. The average molecular weight is 202 g/mol. The van der Waals surface area contributed by atoms with Crippen LogP contribution in [0.2, 0.25) is 0 Å². The monoisotopic (exact) mass is 202 g/mol. The summed E-state index contributed by atoms with van der Waals surface area (Å²) in [6.45, 7) is 0. The second kappa shape index (κ2) is 4.00. The predicted molar refractivity (Wildman–Crippen MR) is 57.3 cm³/mol. The summed E-state index contributed by atoms with van der Waals surface area (Å²) in [5.74, 6) is -0.359. The Labute approximate surface area is 87.0 Å². The van der Waals surface area contributed by atoms with Gasteiger partial charge in [-0.1, -0.05) is 6.07 Å². The summed E-state index contributed by atoms with van der Waals surface area (Å²) in [4.78, 5) is 10.9. The molecule has 0 N–H and O–H groups in total. The van der Waals surface area contributed by atoms with Crippen LogP contribution in [0.1, 0.15) is 5.56 Å². The van der Waals surface area contributed by atoms with Crippen molar-refractivity contribution in [2.24, 2.45) is 0 Å². The number of carbonyl (C=O) groups is 1. The molecule has 3 nitrogen and oxygen atoms in total. The van der Waals surface area contributed by atoms with E-state index < -0.39 is 0 Å². The molecule has 2 aromatic rings. The maximum atomic E-state index is 10.9. The lowest BCUT2D eigenvalue weighted by Crippen LogP contribution is -1.93. The van der Waals surface area contributed by atoms with Crippen LogP contribution in [0.25, 0.3) is 17.0 Å². The van der Waals surface area contributed by atoms with Crippen molar-refractivity contribution in [3.8, 4) is 0 Å². The van der Waals surface area contributed by atoms with Gasteiger partial charge in [0, 0.05) is 11.5 Å². The molecule has 0 amide bonds. The normalized spacial score (nSPS) is 11.0. The van der Waals surface area contributed by atoms with Crippen LogP contribution in [0.5, 0.6) is 0 Å². The molecule has 0 unspecified atom stereocenters. The van der Waals surface area contributed by atoms with E-state index in [9.17, 15) is 4.79 Å². The fourth-order valence-electron chi connectivity index (χ4n) is 1.32. The Hall–Kier alpha value is -2.03. The van der Waals surface area contributed by atoms with Gasteiger partial charge in [0.25, 0.3) is 0 Å². The highest BCUT2D eigenvalue weighted by Crippen LogP contribution is 2.17. The molecule has 2 rings (SSSR count). The first-order valence-electron chi connectivity index (χ1n) is 4.53. The molecule has 0 aliphatic carbocycles. The molecule has 0 spiro atoms. The minimum Gasteiger partial charge on any atom is -0.466 e. The largest absolute Gasteiger partial charge is 0.466 e. The highest BCUT2D eigenvalue weighted by Gasteiger charge is 1.97. The van der Waals surface area contributed by atoms with E-state index in [-0.39, 0.29) is 5.97 Å². The van der Waals surface area contributed by atoms with Crippen molar-refractivity contribution in [1.29, 1.82) is 0 Å². The van der Waals surface area contributed by atoms with Crippen molar-refractivity contribution in [3.63, 3.8) is 0 Å². The molecule has 1 aromatic carbocycles. The fraction of sp³-hybridized carbons (Fsp3) is 0.0833. The molecule has 0 aliphatic heterocycles. The summed E-state index contributed by atoms with van der Waals surface area (Å²) in [6, 6.07) is 7.57. The van der Waals surface area contributed by atoms with E-state index in [4.69, 9.17) is 4.42 Å². The summed E-state index contributed by atoms with van der Waals surface area (Å²) >= 11 is 0. The quantitative estimate of drug-likeness (QED) is 0.555. The maximum Gasteiger partial charge on any atom is 0.330 e. The van der Waals surface area contributed by atoms with E-state index in [0.717, 1.165) is 16.5 Å². The Morgan fingerprint density at radius 3 is 3.07 bits per heavy atom. The number of hydrogen-bond donors (Lipinski definition) is 0. The number of methoxy groups -OCH3 is 1. The number of furan rings is 1. The zero-order chi connectivity index (χ0) is 10.7. The lowest BCUT2D eigenvalue weighted by atomic mass is 10.1. The number of carbonyl (C=O) groups excluding carboxylic acids is 1. The second-order valence-corrected chi connectivity index (χ2v) is 3.07. The van der Waals surface area contributed by atoms with Gasteiger partial charge in [0.1, 0.15) is 5.58 Å². The van der Waals surface area contributed by atoms with E-state index in [0.29, 0.717) is 0 Å². The highest BCUT2D eigenvalue weighted by atomic mass is 16.5. The third-order valence-corrected chi connectivity index (χ3v) is 2.09. The third kappa shape index (κ3) is 2.07. The van der Waals surface area contributed by atoms with Gasteiger partial charge in [-0.2, -0.15) is 0 Å². The second-order valence-electron chi connectivity index (χ2n) is 3.07. The summed E-state index contributed by atoms with van der Waals surface area (Å²) in [6.07, 6.45) is 4.73. The summed E-state index contributed by atoms with van der Waals surface area (Å²) in [5, 5.41) is 1.02. The Kier molecular flexibility index (Phi) is 2.54. The van der Waals surface area contributed by atoms with E-state index in [1.807, 2.05) is 24.3 Å². The van der Waals surface area contributed by atoms with Crippen molar-refractivity contribution in [1.82, 2.24) is 0 Å². The van der Waals surface area contributed by atoms with E-state index in [2.05, 4.69) is 4.74 Å². The maximum absolute atomic E-state index is 10.9. The van der Waals surface area contributed by atoms with Crippen molar-refractivity contribution in [3.05, 3.63) is 42.2 Å². The Balaban J connectivity index is 2.28. The minimum atomic E-state index is -0.359. The van der Waals surface area contributed by atoms with E-state index >= 15 is 0 Å². The van der Waals surface area contributed by atoms with Crippen molar-refractivity contribution in [2.45, 2.75) is 0 Å². The lowest BCUT2D eigenvalue weighted by molar-refractivity contribution is -0.134. The summed E-state index contributed by atoms with van der Waals surface area (Å²) in [7, 11) is 1.35. The van der Waals surface area contributed by atoms with Crippen LogP contribution in [0, 0.1) is 0 Å². The Morgan fingerprint density at radius 2 is 2.27 bits per heavy atom. The molecule has 76 valence electrons. The molecule has 0 bridgehead atoms. The smallest absolute Gasteiger partial charge is 0.330 e. The molecule has 0 radical (unpaired) electrons. The van der Waals surface area contributed by atoms with Gasteiger partial charge in [-0.25, -0.2) is 4.79 Å². The SMILES string of the molecule is COC(=O)C=Cc1ccc2occc2c1. The molecule has 15 heavy (non-hydrogen) atoms. The van der Waals surface area contributed by atoms with Gasteiger partial charge in [0.2, 0.25) is 0 Å². The first-order chi connectivity index (χ1) is 7.29. The summed E-state index contributed by atoms with van der Waals surface area (Å²) in [5.41, 5.74) is 1.78. The molecular formula is C12H10O3.